The lowest BCUT2D eigenvalue weighted by molar-refractivity contribution is 0.0868. The number of urea groups is 1. The second kappa shape index (κ2) is 15.2. The van der Waals surface area contributed by atoms with Gasteiger partial charge in [0.1, 0.15) is 32.5 Å². The number of carbonyl (C=O) groups is 1. The molecule has 0 aromatic heterocycles. The Balaban J connectivity index is 1.71. The molecule has 15 heteroatoms. The van der Waals surface area contributed by atoms with Gasteiger partial charge < -0.3 is 9.64 Å². The Bertz CT molecular complexity index is 2020. The molecule has 0 radical (unpaired) electrons. The zero-order valence-electron chi connectivity index (χ0n) is 29.3. The van der Waals surface area contributed by atoms with Gasteiger partial charge in [0.15, 0.2) is 9.84 Å². The van der Waals surface area contributed by atoms with E-state index in [-0.39, 0.29) is 45.6 Å². The first-order chi connectivity index (χ1) is 23.9. The molecule has 3 aromatic carbocycles. The maximum absolute atomic E-state index is 15.2. The van der Waals surface area contributed by atoms with E-state index in [1.807, 2.05) is 38.1 Å². The normalized spacial score (nSPS) is 21.5. The molecule has 0 bridgehead atoms. The number of aliphatic imine (C=N–C) groups is 1. The van der Waals surface area contributed by atoms with Crippen LogP contribution in [0.15, 0.2) is 70.6 Å². The lowest BCUT2D eigenvalue weighted by atomic mass is 9.71. The summed E-state index contributed by atoms with van der Waals surface area (Å²) in [6.45, 7) is 9.93. The molecule has 1 saturated heterocycles. The summed E-state index contributed by atoms with van der Waals surface area (Å²) < 4.78 is 56.1. The maximum Gasteiger partial charge on any atom is 0.326 e. The van der Waals surface area contributed by atoms with Gasteiger partial charge in [0.25, 0.3) is 0 Å². The van der Waals surface area contributed by atoms with Crippen molar-refractivity contribution in [2.24, 2.45) is 4.99 Å². The van der Waals surface area contributed by atoms with Gasteiger partial charge in [-0.2, -0.15) is 0 Å². The van der Waals surface area contributed by atoms with Crippen LogP contribution in [0.3, 0.4) is 0 Å². The highest BCUT2D eigenvalue weighted by atomic mass is 35.5. The Morgan fingerprint density at radius 3 is 1.96 bits per heavy atom. The summed E-state index contributed by atoms with van der Waals surface area (Å²) in [6.07, 6.45) is 1.73. The molecular weight excluding hydrogens is 755 g/mol. The predicted molar refractivity (Wildman–Crippen MR) is 204 cm³/mol. The molecule has 0 aliphatic carbocycles. The molecule has 0 N–H and O–H groups in total. The highest BCUT2D eigenvalue weighted by Crippen LogP contribution is 2.54. The van der Waals surface area contributed by atoms with E-state index < -0.39 is 30.8 Å². The number of nitrogens with zero attached hydrogens (tertiary/aromatic N) is 4. The lowest BCUT2D eigenvalue weighted by Gasteiger charge is -2.47. The first kappa shape index (κ1) is 39.3. The SMILES string of the molecule is CCOc1cc(Cl)c(S(=O)(=O)CC)cc1C1=N[C@@](C)(c2ccc(Cl)cc2)[C@@](C)(c2ccc(Cl)cc2)N1C(=O)N1CCN(CCCS(C)(=O)=O)CC1. The fraction of sp³-hybridized carbons (Fsp3) is 0.444. The van der Waals surface area contributed by atoms with Crippen molar-refractivity contribution in [3.8, 4) is 5.75 Å². The van der Waals surface area contributed by atoms with Crippen molar-refractivity contribution in [3.63, 3.8) is 0 Å². The molecule has 2 amide bonds. The fourth-order valence-corrected chi connectivity index (χ4v) is 9.18. The van der Waals surface area contributed by atoms with E-state index in [0.29, 0.717) is 54.8 Å². The average molecular weight is 798 g/mol. The van der Waals surface area contributed by atoms with Crippen LogP contribution in [0.25, 0.3) is 0 Å². The molecule has 2 atom stereocenters. The van der Waals surface area contributed by atoms with Crippen LogP contribution in [0.5, 0.6) is 5.75 Å². The molecule has 2 aliphatic rings. The third-order valence-corrected chi connectivity index (χ3v) is 13.6. The number of hydrogen-bond donors (Lipinski definition) is 0. The molecule has 0 saturated carbocycles. The van der Waals surface area contributed by atoms with Crippen LogP contribution in [-0.4, -0.2) is 100 Å². The van der Waals surface area contributed by atoms with E-state index in [1.165, 1.54) is 18.4 Å². The minimum Gasteiger partial charge on any atom is -0.493 e. The molecule has 3 aromatic rings. The van der Waals surface area contributed by atoms with Gasteiger partial charge in [-0.3, -0.25) is 14.8 Å². The molecule has 2 aliphatic heterocycles. The Kier molecular flexibility index (Phi) is 11.8. The summed E-state index contributed by atoms with van der Waals surface area (Å²) in [5.41, 5.74) is -0.530. The quantitative estimate of drug-likeness (QED) is 0.207. The standard InChI is InChI=1S/C36H43Cl3N4O6S2/c1-6-49-31-24-30(39)32(51(47,48)7-2)23-29(31)33-40-35(3,25-9-13-27(37)14-10-25)36(4,26-11-15-28(38)16-12-26)43(33)34(44)42-20-18-41(19-21-42)17-8-22-50(5,45)46/h9-16,23-24H,6-8,17-22H2,1-5H3/t35-,36+/m0/s1. The Morgan fingerprint density at radius 2 is 1.43 bits per heavy atom. The summed E-state index contributed by atoms with van der Waals surface area (Å²) in [7, 11) is -6.87. The number of ether oxygens (including phenoxy) is 1. The van der Waals surface area contributed by atoms with Gasteiger partial charge in [-0.05, 0) is 75.2 Å². The van der Waals surface area contributed by atoms with Crippen LogP contribution >= 0.6 is 34.8 Å². The second-order valence-corrected chi connectivity index (χ2v) is 18.9. The van der Waals surface area contributed by atoms with E-state index in [4.69, 9.17) is 44.5 Å². The van der Waals surface area contributed by atoms with Crippen LogP contribution < -0.4 is 4.74 Å². The molecule has 0 unspecified atom stereocenters. The molecule has 51 heavy (non-hydrogen) atoms. The number of rotatable bonds is 11. The zero-order chi connectivity index (χ0) is 37.4. The summed E-state index contributed by atoms with van der Waals surface area (Å²) in [6, 6.07) is 17.2. The minimum atomic E-state index is -3.79. The largest absolute Gasteiger partial charge is 0.493 e. The maximum atomic E-state index is 15.2. The molecule has 2 heterocycles. The van der Waals surface area contributed by atoms with E-state index in [2.05, 4.69) is 4.90 Å². The fourth-order valence-electron chi connectivity index (χ4n) is 6.80. The van der Waals surface area contributed by atoms with Gasteiger partial charge in [0.05, 0.1) is 33.6 Å². The number of sulfone groups is 2. The van der Waals surface area contributed by atoms with Gasteiger partial charge in [-0.25, -0.2) is 21.6 Å². The first-order valence-corrected chi connectivity index (χ1v) is 21.6. The van der Waals surface area contributed by atoms with Gasteiger partial charge in [-0.1, -0.05) is 66.0 Å². The van der Waals surface area contributed by atoms with E-state index >= 15 is 4.79 Å². The third-order valence-electron chi connectivity index (χ3n) is 9.86. The number of amides is 2. The van der Waals surface area contributed by atoms with Crippen molar-refractivity contribution in [1.82, 2.24) is 14.7 Å². The van der Waals surface area contributed by atoms with Crippen molar-refractivity contribution in [2.45, 2.75) is 50.1 Å². The van der Waals surface area contributed by atoms with Crippen LogP contribution in [0, 0.1) is 0 Å². The van der Waals surface area contributed by atoms with Crippen molar-refractivity contribution in [1.29, 1.82) is 0 Å². The highest BCUT2D eigenvalue weighted by Gasteiger charge is 2.60. The number of benzene rings is 3. The van der Waals surface area contributed by atoms with Crippen molar-refractivity contribution in [2.75, 3.05) is 57.1 Å². The Labute approximate surface area is 316 Å². The molecule has 10 nitrogen and oxygen atoms in total. The lowest BCUT2D eigenvalue weighted by Crippen LogP contribution is -2.60. The van der Waals surface area contributed by atoms with Crippen LogP contribution in [0.2, 0.25) is 15.1 Å². The monoisotopic (exact) mass is 796 g/mol. The predicted octanol–water partition coefficient (Wildman–Crippen LogP) is 6.90. The Hall–Kier alpha value is -2.87. The first-order valence-electron chi connectivity index (χ1n) is 16.8. The minimum absolute atomic E-state index is 0.00782. The third kappa shape index (κ3) is 7.91. The van der Waals surface area contributed by atoms with Gasteiger partial charge in [0, 0.05) is 48.5 Å². The van der Waals surface area contributed by atoms with Crippen molar-refractivity contribution in [3.05, 3.63) is 92.4 Å². The number of hydrogen-bond acceptors (Lipinski definition) is 8. The summed E-state index contributed by atoms with van der Waals surface area (Å²) in [4.78, 5) is 26.0. The van der Waals surface area contributed by atoms with Crippen LogP contribution in [0.1, 0.15) is 50.8 Å². The average Bonchev–Trinajstić information content (AvgIpc) is 3.32. The topological polar surface area (TPSA) is 117 Å². The number of amidine groups is 1. The van der Waals surface area contributed by atoms with Crippen LogP contribution in [-0.2, 0) is 30.8 Å². The van der Waals surface area contributed by atoms with E-state index in [9.17, 15) is 16.8 Å². The smallest absolute Gasteiger partial charge is 0.326 e. The molecule has 276 valence electrons. The molecule has 5 rings (SSSR count). The molecule has 1 fully saturated rings. The number of halogens is 3. The summed E-state index contributed by atoms with van der Waals surface area (Å²) in [5.74, 6) is 0.415. The molecule has 0 spiro atoms. The highest BCUT2D eigenvalue weighted by molar-refractivity contribution is 7.91. The zero-order valence-corrected chi connectivity index (χ0v) is 33.2. The van der Waals surface area contributed by atoms with Crippen molar-refractivity contribution < 1.29 is 26.4 Å². The molecular formula is C36H43Cl3N4O6S2. The number of piperazine rings is 1. The van der Waals surface area contributed by atoms with Crippen LogP contribution in [0.4, 0.5) is 4.79 Å². The number of carbonyl (C=O) groups excluding carboxylic acids is 1. The summed E-state index contributed by atoms with van der Waals surface area (Å²) >= 11 is 19.3. The van der Waals surface area contributed by atoms with E-state index in [1.54, 1.807) is 47.9 Å². The van der Waals surface area contributed by atoms with Gasteiger partial charge >= 0.3 is 6.03 Å². The summed E-state index contributed by atoms with van der Waals surface area (Å²) in [5, 5.41) is 1.06. The van der Waals surface area contributed by atoms with Crippen molar-refractivity contribution >= 4 is 66.3 Å². The Morgan fingerprint density at radius 1 is 0.863 bits per heavy atom. The van der Waals surface area contributed by atoms with E-state index in [0.717, 1.165) is 11.1 Å². The second-order valence-electron chi connectivity index (χ2n) is 13.1. The van der Waals surface area contributed by atoms with Gasteiger partial charge in [-0.15, -0.1) is 0 Å². The van der Waals surface area contributed by atoms with Gasteiger partial charge in [0.2, 0.25) is 0 Å².